The Morgan fingerprint density at radius 1 is 1.24 bits per heavy atom. The molecule has 0 radical (unpaired) electrons. The minimum atomic E-state index is -0.132. The maximum Gasteiger partial charge on any atom is 0.290 e. The molecule has 3 aromatic rings. The van der Waals surface area contributed by atoms with Gasteiger partial charge in [0, 0.05) is 25.1 Å². The molecule has 0 aliphatic carbocycles. The minimum absolute atomic E-state index is 0.132. The van der Waals surface area contributed by atoms with Gasteiger partial charge in [-0.3, -0.25) is 9.89 Å². The lowest BCUT2D eigenvalue weighted by Gasteiger charge is -2.31. The van der Waals surface area contributed by atoms with Crippen molar-refractivity contribution in [3.63, 3.8) is 0 Å². The number of carbonyl (C=O) groups is 1. The molecule has 0 bridgehead atoms. The highest BCUT2D eigenvalue weighted by Crippen LogP contribution is 2.27. The molecule has 1 unspecified atom stereocenters. The lowest BCUT2D eigenvalue weighted by atomic mass is 9.97. The van der Waals surface area contributed by atoms with Crippen LogP contribution in [-0.2, 0) is 0 Å². The molecule has 1 aliphatic heterocycles. The Labute approximate surface area is 144 Å². The fourth-order valence-electron chi connectivity index (χ4n) is 3.05. The van der Waals surface area contributed by atoms with Gasteiger partial charge in [0.2, 0.25) is 0 Å². The molecule has 1 N–H and O–H groups in total. The first-order valence-electron chi connectivity index (χ1n) is 8.27. The van der Waals surface area contributed by atoms with Gasteiger partial charge in [-0.2, -0.15) is 5.10 Å². The van der Waals surface area contributed by atoms with Gasteiger partial charge in [0.25, 0.3) is 11.9 Å². The number of H-pyrrole nitrogens is 1. The molecule has 1 fully saturated rings. The van der Waals surface area contributed by atoms with E-state index in [0.29, 0.717) is 24.8 Å². The van der Waals surface area contributed by atoms with Crippen molar-refractivity contribution < 1.29 is 13.9 Å². The van der Waals surface area contributed by atoms with Gasteiger partial charge in [-0.1, -0.05) is 18.2 Å². The Bertz CT molecular complexity index is 829. The van der Waals surface area contributed by atoms with E-state index in [1.165, 1.54) is 6.33 Å². The molecule has 25 heavy (non-hydrogen) atoms. The molecule has 7 heteroatoms. The second-order valence-electron chi connectivity index (χ2n) is 5.99. The summed E-state index contributed by atoms with van der Waals surface area (Å²) >= 11 is 0. The van der Waals surface area contributed by atoms with Crippen molar-refractivity contribution in [3.05, 3.63) is 60.4 Å². The molecule has 3 heterocycles. The molecule has 0 saturated carbocycles. The zero-order valence-corrected chi connectivity index (χ0v) is 13.6. The molecule has 1 atom stereocenters. The summed E-state index contributed by atoms with van der Waals surface area (Å²) in [7, 11) is 0. The summed E-state index contributed by atoms with van der Waals surface area (Å²) < 4.78 is 11.2. The number of aromatic nitrogens is 3. The average molecular weight is 338 g/mol. The number of benzene rings is 1. The number of carbonyl (C=O) groups excluding carboxylic acids is 1. The highest BCUT2D eigenvalue weighted by Gasteiger charge is 2.28. The summed E-state index contributed by atoms with van der Waals surface area (Å²) in [5.41, 5.74) is 0. The Balaban J connectivity index is 1.44. The number of ether oxygens (including phenoxy) is 1. The molecular weight excluding hydrogens is 320 g/mol. The third kappa shape index (κ3) is 3.40. The number of nitrogens with zero attached hydrogens (tertiary/aromatic N) is 3. The van der Waals surface area contributed by atoms with Crippen LogP contribution < -0.4 is 4.74 Å². The van der Waals surface area contributed by atoms with E-state index in [1.807, 2.05) is 30.3 Å². The van der Waals surface area contributed by atoms with E-state index in [1.54, 1.807) is 17.0 Å². The van der Waals surface area contributed by atoms with Gasteiger partial charge < -0.3 is 14.1 Å². The van der Waals surface area contributed by atoms with Gasteiger partial charge >= 0.3 is 0 Å². The maximum atomic E-state index is 12.7. The third-order valence-electron chi connectivity index (χ3n) is 4.28. The van der Waals surface area contributed by atoms with E-state index in [0.717, 1.165) is 18.7 Å². The topological polar surface area (TPSA) is 84.2 Å². The minimum Gasteiger partial charge on any atom is -0.426 e. The highest BCUT2D eigenvalue weighted by molar-refractivity contribution is 5.91. The van der Waals surface area contributed by atoms with Crippen LogP contribution in [0.2, 0.25) is 0 Å². The fraction of sp³-hybridized carbons (Fsp3) is 0.278. The van der Waals surface area contributed by atoms with Crippen LogP contribution >= 0.6 is 0 Å². The number of hydrogen-bond donors (Lipinski definition) is 1. The number of likely N-dealkylation sites (tertiary alicyclic amines) is 1. The van der Waals surface area contributed by atoms with Crippen molar-refractivity contribution in [1.82, 2.24) is 20.1 Å². The van der Waals surface area contributed by atoms with Crippen molar-refractivity contribution >= 4 is 5.91 Å². The zero-order chi connectivity index (χ0) is 17.1. The quantitative estimate of drug-likeness (QED) is 0.789. The molecule has 1 saturated heterocycles. The van der Waals surface area contributed by atoms with E-state index in [9.17, 15) is 4.79 Å². The molecule has 1 amide bonds. The Morgan fingerprint density at radius 3 is 2.92 bits per heavy atom. The number of aromatic amines is 1. The van der Waals surface area contributed by atoms with Gasteiger partial charge in [-0.25, -0.2) is 4.98 Å². The van der Waals surface area contributed by atoms with Crippen molar-refractivity contribution in [2.24, 2.45) is 0 Å². The summed E-state index contributed by atoms with van der Waals surface area (Å²) in [6.45, 7) is 1.31. The molecule has 7 nitrogen and oxygen atoms in total. The summed E-state index contributed by atoms with van der Waals surface area (Å²) in [6.07, 6.45) is 3.40. The van der Waals surface area contributed by atoms with Crippen molar-refractivity contribution in [1.29, 1.82) is 0 Å². The number of piperidine rings is 1. The molecule has 0 spiro atoms. The van der Waals surface area contributed by atoms with Gasteiger partial charge in [-0.05, 0) is 31.0 Å². The fourth-order valence-corrected chi connectivity index (χ4v) is 3.05. The lowest BCUT2D eigenvalue weighted by Crippen LogP contribution is -2.39. The van der Waals surface area contributed by atoms with E-state index < -0.39 is 0 Å². The molecule has 4 rings (SSSR count). The first-order valence-corrected chi connectivity index (χ1v) is 8.27. The molecule has 2 aromatic heterocycles. The highest BCUT2D eigenvalue weighted by atomic mass is 16.6. The number of amides is 1. The first-order chi connectivity index (χ1) is 12.3. The Morgan fingerprint density at radius 2 is 2.12 bits per heavy atom. The van der Waals surface area contributed by atoms with E-state index in [4.69, 9.17) is 9.15 Å². The summed E-state index contributed by atoms with van der Waals surface area (Å²) in [5, 5.41) is 6.79. The van der Waals surface area contributed by atoms with Crippen LogP contribution in [0.5, 0.6) is 11.7 Å². The largest absolute Gasteiger partial charge is 0.426 e. The van der Waals surface area contributed by atoms with Crippen LogP contribution in [0.1, 0.15) is 35.1 Å². The van der Waals surface area contributed by atoms with Crippen LogP contribution in [0.3, 0.4) is 0 Å². The van der Waals surface area contributed by atoms with Crippen LogP contribution in [0.25, 0.3) is 0 Å². The predicted octanol–water partition coefficient (Wildman–Crippen LogP) is 3.21. The molecule has 1 aromatic carbocycles. The summed E-state index contributed by atoms with van der Waals surface area (Å²) in [4.78, 5) is 18.7. The number of hydrogen-bond acceptors (Lipinski definition) is 5. The zero-order valence-electron chi connectivity index (χ0n) is 13.6. The monoisotopic (exact) mass is 338 g/mol. The normalized spacial score (nSPS) is 17.4. The Kier molecular flexibility index (Phi) is 4.20. The second-order valence-corrected chi connectivity index (χ2v) is 5.99. The van der Waals surface area contributed by atoms with Gasteiger partial charge in [0.05, 0.1) is 0 Å². The number of para-hydroxylation sites is 1. The predicted molar refractivity (Wildman–Crippen MR) is 89.5 cm³/mol. The number of nitrogens with one attached hydrogen (secondary N) is 1. The standard InChI is InChI=1S/C18H18N4O3/c23-18(22-10-4-5-13(11-22)17-19-12-20-21-17)15-8-9-16(25-15)24-14-6-2-1-3-7-14/h1-3,6-9,12-13H,4-5,10-11H2,(H,19,20,21). The van der Waals surface area contributed by atoms with Gasteiger partial charge in [0.1, 0.15) is 17.9 Å². The second kappa shape index (κ2) is 6.80. The van der Waals surface area contributed by atoms with Crippen LogP contribution in [0, 0.1) is 0 Å². The average Bonchev–Trinajstić information content (AvgIpc) is 3.34. The van der Waals surface area contributed by atoms with Crippen molar-refractivity contribution in [3.8, 4) is 11.7 Å². The molecular formula is C18H18N4O3. The smallest absolute Gasteiger partial charge is 0.290 e. The maximum absolute atomic E-state index is 12.7. The van der Waals surface area contributed by atoms with Crippen LogP contribution in [0.15, 0.2) is 53.2 Å². The van der Waals surface area contributed by atoms with Gasteiger partial charge in [0.15, 0.2) is 5.76 Å². The number of rotatable bonds is 4. The van der Waals surface area contributed by atoms with Crippen molar-refractivity contribution in [2.45, 2.75) is 18.8 Å². The van der Waals surface area contributed by atoms with Crippen LogP contribution in [-0.4, -0.2) is 39.1 Å². The van der Waals surface area contributed by atoms with Gasteiger partial charge in [-0.15, -0.1) is 0 Å². The first kappa shape index (κ1) is 15.4. The van der Waals surface area contributed by atoms with Crippen LogP contribution in [0.4, 0.5) is 0 Å². The van der Waals surface area contributed by atoms with E-state index >= 15 is 0 Å². The van der Waals surface area contributed by atoms with E-state index in [2.05, 4.69) is 15.2 Å². The lowest BCUT2D eigenvalue weighted by molar-refractivity contribution is 0.0667. The molecule has 1 aliphatic rings. The molecule has 128 valence electrons. The van der Waals surface area contributed by atoms with E-state index in [-0.39, 0.29) is 17.6 Å². The number of furan rings is 1. The third-order valence-corrected chi connectivity index (χ3v) is 4.28. The summed E-state index contributed by atoms with van der Waals surface area (Å²) in [5.74, 6) is 2.12. The SMILES string of the molecule is O=C(c1ccc(Oc2ccccc2)o1)N1CCCC(c2ncn[nH]2)C1. The summed E-state index contributed by atoms with van der Waals surface area (Å²) in [6, 6.07) is 12.6. The Hall–Kier alpha value is -3.09. The van der Waals surface area contributed by atoms with Crippen molar-refractivity contribution in [2.75, 3.05) is 13.1 Å².